The molecule has 3 heteroatoms. The Hall–Kier alpha value is -1.77. The number of hydrogen-bond donors (Lipinski definition) is 2. The average Bonchev–Trinajstić information content (AvgIpc) is 2.24. The maximum absolute atomic E-state index is 10.2. The third-order valence-electron chi connectivity index (χ3n) is 2.07. The Morgan fingerprint density at radius 3 is 2.87 bits per heavy atom. The lowest BCUT2D eigenvalue weighted by Gasteiger charge is -2.08. The summed E-state index contributed by atoms with van der Waals surface area (Å²) >= 11 is 0. The summed E-state index contributed by atoms with van der Waals surface area (Å²) < 4.78 is 0. The quantitative estimate of drug-likeness (QED) is 0.725. The van der Waals surface area contributed by atoms with Crippen molar-refractivity contribution < 1.29 is 9.90 Å². The number of benzene rings is 1. The molecular formula is C12H15NO2. The summed E-state index contributed by atoms with van der Waals surface area (Å²) in [6.45, 7) is 2.62. The molecule has 3 nitrogen and oxygen atoms in total. The summed E-state index contributed by atoms with van der Waals surface area (Å²) in [7, 11) is 0. The molecule has 0 heterocycles. The first-order chi connectivity index (χ1) is 7.24. The molecule has 0 radical (unpaired) electrons. The van der Waals surface area contributed by atoms with Crippen LogP contribution in [0.15, 0.2) is 36.4 Å². The number of anilines is 1. The number of carboxylic acid groups (broad SMARTS) is 1. The molecule has 0 unspecified atom stereocenters. The zero-order valence-corrected chi connectivity index (χ0v) is 8.73. The molecular weight excluding hydrogens is 190 g/mol. The molecule has 2 N–H and O–H groups in total. The molecule has 0 aliphatic heterocycles. The molecule has 0 aromatic heterocycles. The van der Waals surface area contributed by atoms with Gasteiger partial charge >= 0.3 is 5.97 Å². The van der Waals surface area contributed by atoms with Crippen LogP contribution >= 0.6 is 0 Å². The molecule has 0 saturated carbocycles. The van der Waals surface area contributed by atoms with Crippen LogP contribution < -0.4 is 5.32 Å². The van der Waals surface area contributed by atoms with Gasteiger partial charge in [0.05, 0.1) is 0 Å². The lowest BCUT2D eigenvalue weighted by molar-refractivity contribution is -0.131. The summed E-state index contributed by atoms with van der Waals surface area (Å²) in [5, 5.41) is 11.6. The van der Waals surface area contributed by atoms with Gasteiger partial charge in [0.15, 0.2) is 0 Å². The molecule has 80 valence electrons. The van der Waals surface area contributed by atoms with Gasteiger partial charge in [-0.05, 0) is 18.1 Å². The number of aryl methyl sites for hydroxylation is 1. The van der Waals surface area contributed by atoms with Crippen LogP contribution in [0.25, 0.3) is 0 Å². The minimum absolute atomic E-state index is 0.531. The van der Waals surface area contributed by atoms with Crippen LogP contribution in [0.2, 0.25) is 0 Å². The highest BCUT2D eigenvalue weighted by Gasteiger charge is 1.96. The minimum atomic E-state index is -0.916. The number of hydrogen-bond acceptors (Lipinski definition) is 2. The van der Waals surface area contributed by atoms with Crippen molar-refractivity contribution in [2.45, 2.75) is 13.3 Å². The predicted octanol–water partition coefficient (Wildman–Crippen LogP) is 2.30. The lowest BCUT2D eigenvalue weighted by Crippen LogP contribution is -2.02. The molecule has 0 atom stereocenters. The van der Waals surface area contributed by atoms with Crippen LogP contribution in [0.1, 0.15) is 12.5 Å². The first kappa shape index (κ1) is 11.3. The van der Waals surface area contributed by atoms with Gasteiger partial charge < -0.3 is 10.4 Å². The Morgan fingerprint density at radius 1 is 1.47 bits per heavy atom. The van der Waals surface area contributed by atoms with E-state index < -0.39 is 5.97 Å². The Kier molecular flexibility index (Phi) is 4.41. The van der Waals surface area contributed by atoms with E-state index in [1.54, 1.807) is 6.08 Å². The monoisotopic (exact) mass is 205 g/mol. The normalized spacial score (nSPS) is 10.5. The standard InChI is InChI=1S/C12H15NO2/c1-2-10-6-3-4-7-11(10)13-9-5-8-12(14)15/h3-8,13H,2,9H2,1H3,(H,14,15)/b8-5+. The molecule has 1 rings (SSSR count). The van der Waals surface area contributed by atoms with Gasteiger partial charge in [-0.2, -0.15) is 0 Å². The molecule has 0 amide bonds. The second-order valence-corrected chi connectivity index (χ2v) is 3.13. The third-order valence-corrected chi connectivity index (χ3v) is 2.07. The van der Waals surface area contributed by atoms with Gasteiger partial charge in [-0.3, -0.25) is 0 Å². The van der Waals surface area contributed by atoms with E-state index in [2.05, 4.69) is 18.3 Å². The highest BCUT2D eigenvalue weighted by atomic mass is 16.4. The van der Waals surface area contributed by atoms with Crippen molar-refractivity contribution in [3.63, 3.8) is 0 Å². The van der Waals surface area contributed by atoms with Crippen molar-refractivity contribution in [3.8, 4) is 0 Å². The average molecular weight is 205 g/mol. The van der Waals surface area contributed by atoms with E-state index >= 15 is 0 Å². The Balaban J connectivity index is 2.53. The van der Waals surface area contributed by atoms with E-state index in [0.29, 0.717) is 6.54 Å². The van der Waals surface area contributed by atoms with Crippen molar-refractivity contribution in [1.82, 2.24) is 0 Å². The minimum Gasteiger partial charge on any atom is -0.478 e. The van der Waals surface area contributed by atoms with Crippen molar-refractivity contribution in [2.24, 2.45) is 0 Å². The second-order valence-electron chi connectivity index (χ2n) is 3.13. The van der Waals surface area contributed by atoms with E-state index in [1.807, 2.05) is 18.2 Å². The first-order valence-corrected chi connectivity index (χ1v) is 4.95. The number of aliphatic carboxylic acids is 1. The fourth-order valence-electron chi connectivity index (χ4n) is 1.33. The van der Waals surface area contributed by atoms with Crippen LogP contribution in [0, 0.1) is 0 Å². The van der Waals surface area contributed by atoms with E-state index in [-0.39, 0.29) is 0 Å². The van der Waals surface area contributed by atoms with Gasteiger partial charge in [0.1, 0.15) is 0 Å². The molecule has 0 fully saturated rings. The number of nitrogens with one attached hydrogen (secondary N) is 1. The van der Waals surface area contributed by atoms with Gasteiger partial charge in [-0.15, -0.1) is 0 Å². The summed E-state index contributed by atoms with van der Waals surface area (Å²) in [5.74, 6) is -0.916. The van der Waals surface area contributed by atoms with E-state index in [1.165, 1.54) is 5.56 Å². The van der Waals surface area contributed by atoms with Gasteiger partial charge in [0.25, 0.3) is 0 Å². The van der Waals surface area contributed by atoms with Crippen molar-refractivity contribution in [3.05, 3.63) is 42.0 Å². The van der Waals surface area contributed by atoms with Crippen LogP contribution in [0.4, 0.5) is 5.69 Å². The van der Waals surface area contributed by atoms with Gasteiger partial charge in [-0.25, -0.2) is 4.79 Å². The zero-order chi connectivity index (χ0) is 11.1. The van der Waals surface area contributed by atoms with E-state index in [9.17, 15) is 4.79 Å². The molecule has 1 aromatic rings. The fraction of sp³-hybridized carbons (Fsp3) is 0.250. The van der Waals surface area contributed by atoms with Crippen LogP contribution in [0.5, 0.6) is 0 Å². The largest absolute Gasteiger partial charge is 0.478 e. The summed E-state index contributed by atoms with van der Waals surface area (Å²) in [4.78, 5) is 10.2. The lowest BCUT2D eigenvalue weighted by atomic mass is 10.1. The molecule has 0 saturated heterocycles. The van der Waals surface area contributed by atoms with Crippen molar-refractivity contribution in [1.29, 1.82) is 0 Å². The third kappa shape index (κ3) is 3.85. The molecule has 0 spiro atoms. The maximum Gasteiger partial charge on any atom is 0.328 e. The predicted molar refractivity (Wildman–Crippen MR) is 61.1 cm³/mol. The molecule has 0 aliphatic carbocycles. The summed E-state index contributed by atoms with van der Waals surface area (Å²) in [6.07, 6.45) is 3.70. The van der Waals surface area contributed by atoms with Crippen molar-refractivity contribution >= 4 is 11.7 Å². The highest BCUT2D eigenvalue weighted by Crippen LogP contribution is 2.14. The maximum atomic E-state index is 10.2. The molecule has 15 heavy (non-hydrogen) atoms. The zero-order valence-electron chi connectivity index (χ0n) is 8.73. The van der Waals surface area contributed by atoms with Crippen LogP contribution in [-0.4, -0.2) is 17.6 Å². The topological polar surface area (TPSA) is 49.3 Å². The van der Waals surface area contributed by atoms with Gasteiger partial charge in [0.2, 0.25) is 0 Å². The highest BCUT2D eigenvalue weighted by molar-refractivity contribution is 5.79. The number of carboxylic acids is 1. The second kappa shape index (κ2) is 5.86. The van der Waals surface area contributed by atoms with Crippen molar-refractivity contribution in [2.75, 3.05) is 11.9 Å². The summed E-state index contributed by atoms with van der Waals surface area (Å²) in [5.41, 5.74) is 2.30. The van der Waals surface area contributed by atoms with Crippen LogP contribution in [-0.2, 0) is 11.2 Å². The van der Waals surface area contributed by atoms with E-state index in [0.717, 1.165) is 18.2 Å². The smallest absolute Gasteiger partial charge is 0.328 e. The number of para-hydroxylation sites is 1. The van der Waals surface area contributed by atoms with Gasteiger partial charge in [-0.1, -0.05) is 31.2 Å². The Bertz CT molecular complexity index is 358. The summed E-state index contributed by atoms with van der Waals surface area (Å²) in [6, 6.07) is 8.01. The first-order valence-electron chi connectivity index (χ1n) is 4.95. The van der Waals surface area contributed by atoms with Gasteiger partial charge in [0, 0.05) is 18.3 Å². The molecule has 0 bridgehead atoms. The number of rotatable bonds is 5. The molecule has 1 aromatic carbocycles. The van der Waals surface area contributed by atoms with E-state index in [4.69, 9.17) is 5.11 Å². The van der Waals surface area contributed by atoms with Crippen LogP contribution in [0.3, 0.4) is 0 Å². The Labute approximate surface area is 89.4 Å². The number of carbonyl (C=O) groups is 1. The molecule has 0 aliphatic rings. The fourth-order valence-corrected chi connectivity index (χ4v) is 1.33. The Morgan fingerprint density at radius 2 is 2.20 bits per heavy atom. The SMILES string of the molecule is CCc1ccccc1NC/C=C/C(=O)O.